The molecule has 1 aromatic heterocycles. The number of carbonyl (C=O) groups excluding carboxylic acids is 2. The summed E-state index contributed by atoms with van der Waals surface area (Å²) in [7, 11) is 0. The predicted molar refractivity (Wildman–Crippen MR) is 106 cm³/mol. The zero-order valence-corrected chi connectivity index (χ0v) is 15.8. The highest BCUT2D eigenvalue weighted by atomic mass is 32.1. The van der Waals surface area contributed by atoms with Gasteiger partial charge in [0.1, 0.15) is 4.88 Å². The van der Waals surface area contributed by atoms with Crippen LogP contribution >= 0.6 is 11.3 Å². The number of amides is 1. The molecule has 5 heteroatoms. The third-order valence-electron chi connectivity index (χ3n) is 5.86. The SMILES string of the molecule is O=C(c1ccc2c3c(cccc13)CC2)[C@@H]1CCCN(C(=O)c2cncs2)C1. The van der Waals surface area contributed by atoms with Gasteiger partial charge in [0.15, 0.2) is 5.78 Å². The maximum Gasteiger partial charge on any atom is 0.265 e. The molecule has 0 saturated carbocycles. The van der Waals surface area contributed by atoms with Gasteiger partial charge in [-0.1, -0.05) is 30.3 Å². The molecule has 0 unspecified atom stereocenters. The number of Topliss-reactive ketones (excluding diaryl/α,β-unsaturated/α-hetero) is 1. The van der Waals surface area contributed by atoms with Gasteiger partial charge in [0.05, 0.1) is 11.7 Å². The van der Waals surface area contributed by atoms with E-state index in [0.717, 1.165) is 36.6 Å². The second-order valence-electron chi connectivity index (χ2n) is 7.43. The first-order valence-corrected chi connectivity index (χ1v) is 10.4. The molecule has 1 saturated heterocycles. The van der Waals surface area contributed by atoms with E-state index in [9.17, 15) is 9.59 Å². The van der Waals surface area contributed by atoms with Crippen molar-refractivity contribution in [3.05, 3.63) is 63.6 Å². The first-order chi connectivity index (χ1) is 13.2. The molecule has 2 heterocycles. The van der Waals surface area contributed by atoms with Crippen LogP contribution < -0.4 is 0 Å². The summed E-state index contributed by atoms with van der Waals surface area (Å²) in [6, 6.07) is 10.4. The molecule has 0 radical (unpaired) electrons. The average Bonchev–Trinajstić information content (AvgIpc) is 3.39. The second-order valence-corrected chi connectivity index (χ2v) is 8.32. The van der Waals surface area contributed by atoms with E-state index < -0.39 is 0 Å². The zero-order chi connectivity index (χ0) is 18.4. The van der Waals surface area contributed by atoms with Crippen LogP contribution in [0.2, 0.25) is 0 Å². The monoisotopic (exact) mass is 376 g/mol. The number of hydrogen-bond donors (Lipinski definition) is 0. The van der Waals surface area contributed by atoms with Crippen molar-refractivity contribution in [1.82, 2.24) is 9.88 Å². The molecule has 1 atom stereocenters. The molecule has 3 aromatic rings. The van der Waals surface area contributed by atoms with Crippen molar-refractivity contribution in [2.24, 2.45) is 5.92 Å². The molecular formula is C22H20N2O2S. The molecule has 2 aromatic carbocycles. The van der Waals surface area contributed by atoms with E-state index in [1.54, 1.807) is 11.7 Å². The molecule has 1 aliphatic carbocycles. The molecule has 0 bridgehead atoms. The van der Waals surface area contributed by atoms with Crippen molar-refractivity contribution in [2.75, 3.05) is 13.1 Å². The van der Waals surface area contributed by atoms with Crippen molar-refractivity contribution >= 4 is 33.8 Å². The minimum atomic E-state index is -0.130. The molecule has 5 rings (SSSR count). The zero-order valence-electron chi connectivity index (χ0n) is 15.0. The van der Waals surface area contributed by atoms with Gasteiger partial charge in [-0.15, -0.1) is 11.3 Å². The number of carbonyl (C=O) groups is 2. The number of rotatable bonds is 3. The van der Waals surface area contributed by atoms with Crippen LogP contribution in [0.4, 0.5) is 0 Å². The summed E-state index contributed by atoms with van der Waals surface area (Å²) in [5.41, 5.74) is 5.19. The van der Waals surface area contributed by atoms with Crippen molar-refractivity contribution in [1.29, 1.82) is 0 Å². The van der Waals surface area contributed by atoms with Gasteiger partial charge in [0, 0.05) is 24.6 Å². The largest absolute Gasteiger partial charge is 0.337 e. The number of nitrogens with zero attached hydrogens (tertiary/aromatic N) is 2. The number of hydrogen-bond acceptors (Lipinski definition) is 4. The summed E-state index contributed by atoms with van der Waals surface area (Å²) in [6.07, 6.45) is 5.44. The average molecular weight is 376 g/mol. The van der Waals surface area contributed by atoms with Crippen LogP contribution in [0.5, 0.6) is 0 Å². The van der Waals surface area contributed by atoms with E-state index in [1.807, 2.05) is 11.0 Å². The standard InChI is InChI=1S/C22H20N2O2S/c25-21(16-4-2-10-24(12-16)22(26)19-11-23-13-27-19)18-9-8-15-7-6-14-3-1-5-17(18)20(14)15/h1,3,5,8-9,11,13,16H,2,4,6-7,10,12H2/t16-/m1/s1. The van der Waals surface area contributed by atoms with Crippen molar-refractivity contribution < 1.29 is 9.59 Å². The first kappa shape index (κ1) is 16.6. The Morgan fingerprint density at radius 1 is 1.11 bits per heavy atom. The van der Waals surface area contributed by atoms with E-state index >= 15 is 0 Å². The Bertz CT molecular complexity index is 1030. The molecule has 0 N–H and O–H groups in total. The van der Waals surface area contributed by atoms with Gasteiger partial charge >= 0.3 is 0 Å². The van der Waals surface area contributed by atoms with E-state index in [2.05, 4.69) is 29.2 Å². The number of aryl methyl sites for hydroxylation is 2. The predicted octanol–water partition coefficient (Wildman–Crippen LogP) is 4.13. The van der Waals surface area contributed by atoms with Gasteiger partial charge in [-0.3, -0.25) is 14.6 Å². The van der Waals surface area contributed by atoms with Crippen LogP contribution in [-0.2, 0) is 12.8 Å². The lowest BCUT2D eigenvalue weighted by atomic mass is 9.87. The Balaban J connectivity index is 1.45. The van der Waals surface area contributed by atoms with Crippen LogP contribution in [0.15, 0.2) is 42.0 Å². The first-order valence-electron chi connectivity index (χ1n) is 9.48. The smallest absolute Gasteiger partial charge is 0.265 e. The Kier molecular flexibility index (Phi) is 4.05. The van der Waals surface area contributed by atoms with Crippen LogP contribution in [0.3, 0.4) is 0 Å². The summed E-state index contributed by atoms with van der Waals surface area (Å²) in [6.45, 7) is 1.21. The van der Waals surface area contributed by atoms with Crippen molar-refractivity contribution in [3.63, 3.8) is 0 Å². The lowest BCUT2D eigenvalue weighted by molar-refractivity contribution is 0.0641. The molecule has 2 aliphatic rings. The molecule has 4 nitrogen and oxygen atoms in total. The summed E-state index contributed by atoms with van der Waals surface area (Å²) in [5, 5.41) is 2.36. The van der Waals surface area contributed by atoms with Gasteiger partial charge in [0.25, 0.3) is 5.91 Å². The molecule has 0 spiro atoms. The second kappa shape index (κ2) is 6.57. The van der Waals surface area contributed by atoms with E-state index in [1.165, 1.54) is 27.8 Å². The Morgan fingerprint density at radius 2 is 1.96 bits per heavy atom. The third-order valence-corrected chi connectivity index (χ3v) is 6.63. The van der Waals surface area contributed by atoms with Crippen molar-refractivity contribution in [3.8, 4) is 0 Å². The van der Waals surface area contributed by atoms with Crippen LogP contribution in [0.25, 0.3) is 10.8 Å². The fraction of sp³-hybridized carbons (Fsp3) is 0.318. The molecule has 136 valence electrons. The molecule has 1 aliphatic heterocycles. The van der Waals surface area contributed by atoms with Gasteiger partial charge in [-0.05, 0) is 47.6 Å². The molecular weight excluding hydrogens is 356 g/mol. The fourth-order valence-electron chi connectivity index (χ4n) is 4.53. The number of benzene rings is 2. The highest BCUT2D eigenvalue weighted by Gasteiger charge is 2.31. The Labute approximate surface area is 161 Å². The maximum atomic E-state index is 13.4. The van der Waals surface area contributed by atoms with Gasteiger partial charge in [-0.2, -0.15) is 0 Å². The minimum absolute atomic E-state index is 0.00425. The maximum absolute atomic E-state index is 13.4. The molecule has 1 amide bonds. The lowest BCUT2D eigenvalue weighted by Crippen LogP contribution is -2.42. The molecule has 27 heavy (non-hydrogen) atoms. The van der Waals surface area contributed by atoms with Gasteiger partial charge in [-0.25, -0.2) is 0 Å². The molecule has 1 fully saturated rings. The van der Waals surface area contributed by atoms with Crippen LogP contribution in [0.1, 0.15) is 44.0 Å². The number of likely N-dealkylation sites (tertiary alicyclic amines) is 1. The summed E-state index contributed by atoms with van der Waals surface area (Å²) >= 11 is 1.36. The van der Waals surface area contributed by atoms with Crippen LogP contribution in [-0.4, -0.2) is 34.7 Å². The number of thiazole rings is 1. The third kappa shape index (κ3) is 2.77. The number of ketones is 1. The summed E-state index contributed by atoms with van der Waals surface area (Å²) in [5.74, 6) is 0.0388. The number of aromatic nitrogens is 1. The van der Waals surface area contributed by atoms with E-state index in [-0.39, 0.29) is 17.6 Å². The van der Waals surface area contributed by atoms with Crippen molar-refractivity contribution in [2.45, 2.75) is 25.7 Å². The quantitative estimate of drug-likeness (QED) is 0.646. The fourth-order valence-corrected chi connectivity index (χ4v) is 5.12. The van der Waals surface area contributed by atoms with Gasteiger partial charge < -0.3 is 4.90 Å². The summed E-state index contributed by atoms with van der Waals surface area (Å²) in [4.78, 5) is 32.5. The van der Waals surface area contributed by atoms with E-state index in [4.69, 9.17) is 0 Å². The van der Waals surface area contributed by atoms with E-state index in [0.29, 0.717) is 18.0 Å². The van der Waals surface area contributed by atoms with Gasteiger partial charge in [0.2, 0.25) is 0 Å². The topological polar surface area (TPSA) is 50.3 Å². The Morgan fingerprint density at radius 3 is 2.78 bits per heavy atom. The lowest BCUT2D eigenvalue weighted by Gasteiger charge is -2.32. The normalized spacial score (nSPS) is 18.8. The number of piperidine rings is 1. The summed E-state index contributed by atoms with van der Waals surface area (Å²) < 4.78 is 0. The Hall–Kier alpha value is -2.53. The highest BCUT2D eigenvalue weighted by molar-refractivity contribution is 7.11. The van der Waals surface area contributed by atoms with Crippen LogP contribution in [0, 0.1) is 5.92 Å². The minimum Gasteiger partial charge on any atom is -0.337 e. The highest BCUT2D eigenvalue weighted by Crippen LogP contribution is 2.34.